The summed E-state index contributed by atoms with van der Waals surface area (Å²) >= 11 is 6.14. The van der Waals surface area contributed by atoms with Crippen LogP contribution in [-0.4, -0.2) is 35.9 Å². The van der Waals surface area contributed by atoms with Crippen LogP contribution in [0, 0.1) is 0 Å². The zero-order valence-electron chi connectivity index (χ0n) is 21.7. The molecule has 1 unspecified atom stereocenters. The maximum atomic E-state index is 11.8. The van der Waals surface area contributed by atoms with Gasteiger partial charge in [0.1, 0.15) is 29.8 Å². The molecule has 1 N–H and O–H groups in total. The second kappa shape index (κ2) is 12.3. The Labute approximate surface area is 232 Å². The lowest BCUT2D eigenvalue weighted by molar-refractivity contribution is -0.0324. The molecule has 1 saturated carbocycles. The van der Waals surface area contributed by atoms with Crippen LogP contribution >= 0.6 is 11.6 Å². The summed E-state index contributed by atoms with van der Waals surface area (Å²) < 4.78 is 17.7. The summed E-state index contributed by atoms with van der Waals surface area (Å²) in [6.45, 7) is 0.184. The largest absolute Gasteiger partial charge is 0.497 e. The van der Waals surface area contributed by atoms with Crippen LogP contribution in [0.2, 0.25) is 5.02 Å². The summed E-state index contributed by atoms with van der Waals surface area (Å²) in [4.78, 5) is 16.5. The molecule has 4 aromatic rings. The molecule has 0 saturated heterocycles. The molecule has 1 fully saturated rings. The van der Waals surface area contributed by atoms with E-state index in [1.54, 1.807) is 12.1 Å². The number of carboxylic acids is 1. The summed E-state index contributed by atoms with van der Waals surface area (Å²) in [5.74, 6) is -0.335. The van der Waals surface area contributed by atoms with Crippen molar-refractivity contribution in [3.05, 3.63) is 100 Å². The van der Waals surface area contributed by atoms with Crippen molar-refractivity contribution < 1.29 is 24.1 Å². The molecule has 1 aliphatic carbocycles. The number of halogens is 1. The minimum Gasteiger partial charge on any atom is -0.497 e. The van der Waals surface area contributed by atoms with Gasteiger partial charge in [0, 0.05) is 10.4 Å². The third kappa shape index (κ3) is 6.77. The summed E-state index contributed by atoms with van der Waals surface area (Å²) in [5.41, 5.74) is 3.69. The van der Waals surface area contributed by atoms with Gasteiger partial charge >= 0.3 is 5.97 Å². The quantitative estimate of drug-likeness (QED) is 0.219. The monoisotopic (exact) mass is 543 g/mol. The number of nitrogens with zero attached hydrogens (tertiary/aromatic N) is 1. The fourth-order valence-electron chi connectivity index (χ4n) is 4.81. The Morgan fingerprint density at radius 2 is 1.87 bits per heavy atom. The van der Waals surface area contributed by atoms with Crippen LogP contribution in [0.5, 0.6) is 11.5 Å². The third-order valence-electron chi connectivity index (χ3n) is 6.87. The number of methoxy groups -OCH3 is 1. The van der Waals surface area contributed by atoms with Gasteiger partial charge < -0.3 is 19.3 Å². The Kier molecular flexibility index (Phi) is 8.45. The first-order valence-electron chi connectivity index (χ1n) is 13.0. The molecule has 1 heterocycles. The van der Waals surface area contributed by atoms with Crippen LogP contribution in [-0.2, 0) is 4.74 Å². The highest BCUT2D eigenvalue weighted by atomic mass is 35.5. The first-order chi connectivity index (χ1) is 19.0. The zero-order valence-corrected chi connectivity index (χ0v) is 22.4. The molecule has 39 heavy (non-hydrogen) atoms. The predicted molar refractivity (Wildman–Crippen MR) is 154 cm³/mol. The molecule has 0 radical (unpaired) electrons. The molecule has 1 atom stereocenters. The molecule has 3 aromatic carbocycles. The minimum absolute atomic E-state index is 0.0508. The second-order valence-electron chi connectivity index (χ2n) is 9.59. The fourth-order valence-corrected chi connectivity index (χ4v) is 4.98. The molecule has 1 aromatic heterocycles. The molecule has 0 aliphatic heterocycles. The molecule has 0 bridgehead atoms. The van der Waals surface area contributed by atoms with Gasteiger partial charge in [0.15, 0.2) is 0 Å². The van der Waals surface area contributed by atoms with Crippen LogP contribution in [0.3, 0.4) is 0 Å². The van der Waals surface area contributed by atoms with Crippen molar-refractivity contribution in [3.8, 4) is 11.5 Å². The van der Waals surface area contributed by atoms with Crippen molar-refractivity contribution in [2.24, 2.45) is 0 Å². The van der Waals surface area contributed by atoms with E-state index in [9.17, 15) is 9.90 Å². The van der Waals surface area contributed by atoms with Gasteiger partial charge in [0.25, 0.3) is 0 Å². The number of pyridine rings is 1. The zero-order chi connectivity index (χ0) is 27.2. The van der Waals surface area contributed by atoms with Gasteiger partial charge in [-0.25, -0.2) is 9.78 Å². The van der Waals surface area contributed by atoms with Crippen LogP contribution in [0.4, 0.5) is 0 Å². The van der Waals surface area contributed by atoms with Gasteiger partial charge in [-0.3, -0.25) is 0 Å². The van der Waals surface area contributed by atoms with E-state index in [0.717, 1.165) is 53.4 Å². The third-order valence-corrected chi connectivity index (χ3v) is 7.11. The Morgan fingerprint density at radius 3 is 2.67 bits per heavy atom. The molecule has 0 amide bonds. The van der Waals surface area contributed by atoms with Gasteiger partial charge in [0.2, 0.25) is 0 Å². The molecule has 5 rings (SSSR count). The number of ether oxygens (including phenoxy) is 3. The number of benzene rings is 3. The summed E-state index contributed by atoms with van der Waals surface area (Å²) in [7, 11) is 1.50. The lowest BCUT2D eigenvalue weighted by Crippen LogP contribution is -2.20. The molecule has 1 aliphatic rings. The van der Waals surface area contributed by atoms with Gasteiger partial charge in [-0.15, -0.1) is 0 Å². The van der Waals surface area contributed by atoms with Gasteiger partial charge in [0.05, 0.1) is 24.4 Å². The Morgan fingerprint density at radius 1 is 1.05 bits per heavy atom. The Bertz CT molecular complexity index is 1500. The number of rotatable bonds is 10. The highest BCUT2D eigenvalue weighted by molar-refractivity contribution is 6.31. The van der Waals surface area contributed by atoms with E-state index in [1.165, 1.54) is 13.2 Å². The Balaban J connectivity index is 1.37. The molecule has 200 valence electrons. The number of aromatic carboxylic acids is 1. The van der Waals surface area contributed by atoms with Crippen LogP contribution < -0.4 is 9.47 Å². The molecule has 7 heteroatoms. The number of carbonyl (C=O) groups is 1. The van der Waals surface area contributed by atoms with E-state index in [4.69, 9.17) is 30.8 Å². The summed E-state index contributed by atoms with van der Waals surface area (Å²) in [6, 6.07) is 22.6. The van der Waals surface area contributed by atoms with Gasteiger partial charge in [-0.2, -0.15) is 0 Å². The first-order valence-corrected chi connectivity index (χ1v) is 13.4. The van der Waals surface area contributed by atoms with E-state index in [0.29, 0.717) is 10.8 Å². The summed E-state index contributed by atoms with van der Waals surface area (Å²) in [6.07, 6.45) is 8.10. The van der Waals surface area contributed by atoms with Crippen molar-refractivity contribution in [2.75, 3.05) is 13.7 Å². The minimum atomic E-state index is -1.08. The second-order valence-corrected chi connectivity index (χ2v) is 10.0. The lowest BCUT2D eigenvalue weighted by Gasteiger charge is -2.23. The standard InChI is InChI=1S/C32H30ClNO5/c1-37-27-15-16-30(28(19-27)32(35)36)38-20-31(39-26-7-2-3-8-26)23-6-4-5-21(17-23)9-13-25-14-11-22-10-12-24(33)18-29(22)34-25/h4-6,9-19,26,31H,2-3,7-8,20H2,1H3,(H,35,36)/b13-9+. The normalized spacial score (nSPS) is 14.6. The number of fused-ring (bicyclic) bond motifs is 1. The van der Waals surface area contributed by atoms with E-state index in [2.05, 4.69) is 6.07 Å². The molecular weight excluding hydrogens is 514 g/mol. The van der Waals surface area contributed by atoms with Gasteiger partial charge in [-0.05, 0) is 72.5 Å². The number of aromatic nitrogens is 1. The van der Waals surface area contributed by atoms with Crippen LogP contribution in [0.1, 0.15) is 59.0 Å². The summed E-state index contributed by atoms with van der Waals surface area (Å²) in [5, 5.41) is 11.4. The number of carboxylic acid groups (broad SMARTS) is 1. The molecular formula is C32H30ClNO5. The number of hydrogen-bond acceptors (Lipinski definition) is 5. The Hall–Kier alpha value is -3.87. The van der Waals surface area contributed by atoms with Crippen molar-refractivity contribution >= 4 is 40.6 Å². The van der Waals surface area contributed by atoms with Crippen molar-refractivity contribution in [2.45, 2.75) is 37.9 Å². The van der Waals surface area contributed by atoms with Gasteiger partial charge in [-0.1, -0.05) is 60.9 Å². The fraction of sp³-hybridized carbons (Fsp3) is 0.250. The average molecular weight is 544 g/mol. The molecule has 6 nitrogen and oxygen atoms in total. The molecule has 0 spiro atoms. The number of hydrogen-bond donors (Lipinski definition) is 1. The van der Waals surface area contributed by atoms with Crippen molar-refractivity contribution in [1.29, 1.82) is 0 Å². The smallest absolute Gasteiger partial charge is 0.339 e. The van der Waals surface area contributed by atoms with Crippen molar-refractivity contribution in [3.63, 3.8) is 0 Å². The maximum Gasteiger partial charge on any atom is 0.339 e. The van der Waals surface area contributed by atoms with E-state index < -0.39 is 5.97 Å². The maximum absolute atomic E-state index is 11.8. The van der Waals surface area contributed by atoms with E-state index >= 15 is 0 Å². The van der Waals surface area contributed by atoms with E-state index in [-0.39, 0.29) is 30.1 Å². The topological polar surface area (TPSA) is 77.9 Å². The first kappa shape index (κ1) is 26.7. The predicted octanol–water partition coefficient (Wildman–Crippen LogP) is 7.84. The van der Waals surface area contributed by atoms with Crippen LogP contribution in [0.25, 0.3) is 23.1 Å². The highest BCUT2D eigenvalue weighted by Crippen LogP contribution is 2.31. The van der Waals surface area contributed by atoms with E-state index in [1.807, 2.05) is 60.7 Å². The average Bonchev–Trinajstić information content (AvgIpc) is 3.47. The van der Waals surface area contributed by atoms with Crippen molar-refractivity contribution in [1.82, 2.24) is 4.98 Å². The highest BCUT2D eigenvalue weighted by Gasteiger charge is 2.23. The van der Waals surface area contributed by atoms with Crippen LogP contribution in [0.15, 0.2) is 72.8 Å². The lowest BCUT2D eigenvalue weighted by atomic mass is 10.0. The SMILES string of the molecule is COc1ccc(OCC(OC2CCCC2)c2cccc(/C=C/c3ccc4ccc(Cl)cc4n3)c2)c(C(=O)O)c1.